The number of rotatable bonds is 6. The average Bonchev–Trinajstić information content (AvgIpc) is 3.14. The Labute approximate surface area is 248 Å². The Morgan fingerprint density at radius 1 is 1.22 bits per heavy atom. The van der Waals surface area contributed by atoms with Crippen LogP contribution >= 0.6 is 68.3 Å². The van der Waals surface area contributed by atoms with Gasteiger partial charge in [0.05, 0.1) is 32.0 Å². The molecule has 1 atom stereocenters. The smallest absolute Gasteiger partial charge is 0.338 e. The van der Waals surface area contributed by atoms with Gasteiger partial charge in [0.15, 0.2) is 10.6 Å². The molecule has 0 amide bonds. The minimum absolute atomic E-state index is 0.211. The molecule has 2 heterocycles. The van der Waals surface area contributed by atoms with Crippen LogP contribution in [-0.2, 0) is 14.3 Å². The van der Waals surface area contributed by atoms with E-state index in [1.54, 1.807) is 36.3 Å². The van der Waals surface area contributed by atoms with Crippen LogP contribution in [0.3, 0.4) is 0 Å². The van der Waals surface area contributed by atoms with Crippen molar-refractivity contribution in [2.45, 2.75) is 31.7 Å². The quantitative estimate of drug-likeness (QED) is 0.158. The van der Waals surface area contributed by atoms with E-state index in [0.717, 1.165) is 17.6 Å². The van der Waals surface area contributed by atoms with Gasteiger partial charge in [0.2, 0.25) is 0 Å². The molecule has 0 bridgehead atoms. The number of aromatic nitrogens is 1. The summed E-state index contributed by atoms with van der Waals surface area (Å²) in [6.45, 7) is 5.05. The highest BCUT2D eigenvalue weighted by Crippen LogP contribution is 2.32. The molecule has 0 saturated heterocycles. The maximum Gasteiger partial charge on any atom is 0.338 e. The Hall–Kier alpha value is -1.97. The predicted molar refractivity (Wildman–Crippen MR) is 162 cm³/mol. The summed E-state index contributed by atoms with van der Waals surface area (Å²) in [5.74, 6) is -0.549. The van der Waals surface area contributed by atoms with Gasteiger partial charge in [-0.05, 0) is 101 Å². The average molecular weight is 760 g/mol. The van der Waals surface area contributed by atoms with E-state index in [4.69, 9.17) is 9.47 Å². The van der Waals surface area contributed by atoms with E-state index in [9.17, 15) is 14.4 Å². The van der Waals surface area contributed by atoms with Gasteiger partial charge in [-0.15, -0.1) is 11.8 Å². The second-order valence-corrected chi connectivity index (χ2v) is 12.3. The van der Waals surface area contributed by atoms with Crippen LogP contribution in [0.5, 0.6) is 5.75 Å². The van der Waals surface area contributed by atoms with Crippen molar-refractivity contribution in [1.82, 2.24) is 4.57 Å². The van der Waals surface area contributed by atoms with E-state index >= 15 is 0 Å². The molecule has 7 nitrogen and oxygen atoms in total. The predicted octanol–water partition coefficient (Wildman–Crippen LogP) is 4.65. The number of nitrogens with zero attached hydrogens (tertiary/aromatic N) is 2. The van der Waals surface area contributed by atoms with Crippen LogP contribution < -0.4 is 19.6 Å². The van der Waals surface area contributed by atoms with Crippen molar-refractivity contribution >= 4 is 86.3 Å². The Bertz CT molecular complexity index is 1610. The van der Waals surface area contributed by atoms with Gasteiger partial charge in [-0.2, -0.15) is 0 Å². The lowest BCUT2D eigenvalue weighted by Gasteiger charge is -2.24. The molecule has 37 heavy (non-hydrogen) atoms. The molecule has 192 valence electrons. The summed E-state index contributed by atoms with van der Waals surface area (Å²) < 4.78 is 14.5. The standard InChI is InChI=1S/C26H22I2N2O5S2/c1-5-34-25(33)21-13(2)29-26-30(22(21)15-6-8-18(36-4)9-7-15)24(32)20(37-26)11-16-10-17(27)12-19(28)23(16)35-14(3)31/h6-12,22H,5H2,1-4H3/b20-11-/t22-/m0/s1. The molecule has 0 spiro atoms. The molecule has 1 aliphatic rings. The number of hydrogen-bond acceptors (Lipinski definition) is 8. The van der Waals surface area contributed by atoms with Gasteiger partial charge < -0.3 is 9.47 Å². The molecule has 0 aliphatic carbocycles. The number of thioether (sulfide) groups is 1. The maximum absolute atomic E-state index is 13.9. The topological polar surface area (TPSA) is 87.0 Å². The third-order valence-corrected chi connectivity index (χ3v) is 8.67. The van der Waals surface area contributed by atoms with Crippen molar-refractivity contribution in [3.63, 3.8) is 0 Å². The number of fused-ring (bicyclic) bond motifs is 1. The van der Waals surface area contributed by atoms with Crippen molar-refractivity contribution in [3.8, 4) is 5.75 Å². The number of benzene rings is 2. The molecule has 0 N–H and O–H groups in total. The number of allylic oxidation sites excluding steroid dienone is 1. The number of carbonyl (C=O) groups is 2. The van der Waals surface area contributed by atoms with Gasteiger partial charge in [0.1, 0.15) is 0 Å². The van der Waals surface area contributed by atoms with Gasteiger partial charge in [-0.25, -0.2) is 9.79 Å². The molecule has 0 radical (unpaired) electrons. The number of halogens is 2. The molecule has 4 rings (SSSR count). The lowest BCUT2D eigenvalue weighted by molar-refractivity contribution is -0.139. The number of carbonyl (C=O) groups excluding carboxylic acids is 2. The van der Waals surface area contributed by atoms with Crippen molar-refractivity contribution < 1.29 is 19.1 Å². The molecule has 0 saturated carbocycles. The van der Waals surface area contributed by atoms with Crippen LogP contribution in [0, 0.1) is 7.14 Å². The van der Waals surface area contributed by atoms with Crippen LogP contribution in [0.4, 0.5) is 0 Å². The molecule has 1 aliphatic heterocycles. The van der Waals surface area contributed by atoms with Crippen molar-refractivity contribution in [3.05, 3.63) is 85.6 Å². The summed E-state index contributed by atoms with van der Waals surface area (Å²) >= 11 is 7.13. The van der Waals surface area contributed by atoms with E-state index < -0.39 is 18.0 Å². The first-order chi connectivity index (χ1) is 17.6. The Kier molecular flexibility index (Phi) is 8.96. The summed E-state index contributed by atoms with van der Waals surface area (Å²) in [5, 5.41) is 0. The molecule has 0 unspecified atom stereocenters. The largest absolute Gasteiger partial charge is 0.463 e. The van der Waals surface area contributed by atoms with Crippen LogP contribution in [-0.4, -0.2) is 29.4 Å². The third-order valence-electron chi connectivity index (χ3n) is 5.52. The second kappa shape index (κ2) is 11.8. The fourth-order valence-corrected chi connectivity index (χ4v) is 7.42. The Morgan fingerprint density at radius 3 is 2.54 bits per heavy atom. The zero-order valence-corrected chi connectivity index (χ0v) is 26.3. The van der Waals surface area contributed by atoms with Gasteiger partial charge in [0.25, 0.3) is 5.56 Å². The van der Waals surface area contributed by atoms with Crippen LogP contribution in [0.2, 0.25) is 0 Å². The summed E-state index contributed by atoms with van der Waals surface area (Å²) in [6.07, 6.45) is 3.70. The number of hydrogen-bond donors (Lipinski definition) is 0. The lowest BCUT2D eigenvalue weighted by Crippen LogP contribution is -2.39. The highest BCUT2D eigenvalue weighted by Gasteiger charge is 2.33. The number of esters is 2. The summed E-state index contributed by atoms with van der Waals surface area (Å²) in [6, 6.07) is 10.8. The van der Waals surface area contributed by atoms with Crippen molar-refractivity contribution in [2.24, 2.45) is 4.99 Å². The highest BCUT2D eigenvalue weighted by atomic mass is 127. The fourth-order valence-electron chi connectivity index (χ4n) is 3.97. The van der Waals surface area contributed by atoms with Gasteiger partial charge in [-0.3, -0.25) is 14.2 Å². The Balaban J connectivity index is 1.97. The van der Waals surface area contributed by atoms with Crippen molar-refractivity contribution in [1.29, 1.82) is 0 Å². The molecule has 2 aromatic carbocycles. The van der Waals surface area contributed by atoms with Gasteiger partial charge in [0, 0.05) is 21.0 Å². The van der Waals surface area contributed by atoms with E-state index in [0.29, 0.717) is 31.9 Å². The molecular weight excluding hydrogens is 738 g/mol. The normalized spacial score (nSPS) is 15.3. The summed E-state index contributed by atoms with van der Waals surface area (Å²) in [7, 11) is 0. The second-order valence-electron chi connectivity index (χ2n) is 7.98. The molecule has 0 fully saturated rings. The fraction of sp³-hybridized carbons (Fsp3) is 0.231. The number of thiazole rings is 1. The van der Waals surface area contributed by atoms with Gasteiger partial charge in [-0.1, -0.05) is 23.5 Å². The lowest BCUT2D eigenvalue weighted by atomic mass is 9.96. The van der Waals surface area contributed by atoms with Gasteiger partial charge >= 0.3 is 11.9 Å². The van der Waals surface area contributed by atoms with Crippen LogP contribution in [0.1, 0.15) is 37.9 Å². The first-order valence-corrected chi connectivity index (χ1v) is 15.4. The van der Waals surface area contributed by atoms with E-state index in [1.807, 2.05) is 42.7 Å². The highest BCUT2D eigenvalue weighted by molar-refractivity contribution is 14.1. The van der Waals surface area contributed by atoms with Crippen LogP contribution in [0.15, 0.2) is 62.4 Å². The van der Waals surface area contributed by atoms with Crippen LogP contribution in [0.25, 0.3) is 6.08 Å². The van der Waals surface area contributed by atoms with E-state index in [2.05, 4.69) is 50.2 Å². The Morgan fingerprint density at radius 2 is 1.92 bits per heavy atom. The monoisotopic (exact) mass is 760 g/mol. The molecule has 3 aromatic rings. The molecule has 11 heteroatoms. The van der Waals surface area contributed by atoms with Crippen molar-refractivity contribution in [2.75, 3.05) is 12.9 Å². The summed E-state index contributed by atoms with van der Waals surface area (Å²) in [4.78, 5) is 44.8. The SMILES string of the molecule is CCOC(=O)C1=C(C)N=c2s/c(=C\c3cc(I)cc(I)c3OC(C)=O)c(=O)n2[C@H]1c1ccc(SC)cc1. The first kappa shape index (κ1) is 28.0. The minimum atomic E-state index is -0.683. The molecular formula is C26H22I2N2O5S2. The van der Waals surface area contributed by atoms with E-state index in [1.165, 1.54) is 18.3 Å². The molecule has 1 aromatic heterocycles. The zero-order chi connectivity index (χ0) is 26.9. The third kappa shape index (κ3) is 5.88. The summed E-state index contributed by atoms with van der Waals surface area (Å²) in [5.41, 5.74) is 1.95. The minimum Gasteiger partial charge on any atom is -0.463 e. The first-order valence-electron chi connectivity index (χ1n) is 11.2. The number of ether oxygens (including phenoxy) is 2. The maximum atomic E-state index is 13.9. The zero-order valence-electron chi connectivity index (χ0n) is 20.3. The van der Waals surface area contributed by atoms with E-state index in [-0.39, 0.29) is 12.2 Å².